The lowest BCUT2D eigenvalue weighted by molar-refractivity contribution is 0.386. The van der Waals surface area contributed by atoms with Crippen LogP contribution in [-0.4, -0.2) is 25.2 Å². The number of benzene rings is 1. The Morgan fingerprint density at radius 1 is 1.28 bits per heavy atom. The van der Waals surface area contributed by atoms with E-state index >= 15 is 0 Å². The molecule has 0 radical (unpaired) electrons. The van der Waals surface area contributed by atoms with E-state index in [-0.39, 0.29) is 6.04 Å². The highest BCUT2D eigenvalue weighted by molar-refractivity contribution is 7.99. The summed E-state index contributed by atoms with van der Waals surface area (Å²) >= 11 is 1.86. The first-order chi connectivity index (χ1) is 8.62. The van der Waals surface area contributed by atoms with Crippen molar-refractivity contribution in [1.29, 1.82) is 0 Å². The Bertz CT molecular complexity index is 372. The Hall–Kier alpha value is -0.910. The maximum Gasteiger partial charge on any atom is 0.127 e. The van der Waals surface area contributed by atoms with Gasteiger partial charge in [0.05, 0.1) is 20.3 Å². The summed E-state index contributed by atoms with van der Waals surface area (Å²) in [6, 6.07) is 5.85. The molecule has 1 unspecified atom stereocenters. The molecule has 0 aliphatic rings. The van der Waals surface area contributed by atoms with E-state index in [2.05, 4.69) is 19.3 Å². The van der Waals surface area contributed by atoms with Crippen molar-refractivity contribution in [3.63, 3.8) is 0 Å². The van der Waals surface area contributed by atoms with E-state index in [1.165, 1.54) is 0 Å². The third-order valence-electron chi connectivity index (χ3n) is 2.61. The molecule has 0 heterocycles. The van der Waals surface area contributed by atoms with Crippen molar-refractivity contribution in [3.05, 3.63) is 23.8 Å². The standard InChI is InChI=1S/C13H22N2O2S/c1-9(2)18-8-12(15-14)11-6-5-10(16-3)7-13(11)17-4/h5-7,9,12,15H,8,14H2,1-4H3. The van der Waals surface area contributed by atoms with E-state index in [1.807, 2.05) is 30.0 Å². The van der Waals surface area contributed by atoms with Crippen LogP contribution in [0, 0.1) is 0 Å². The summed E-state index contributed by atoms with van der Waals surface area (Å²) in [6.45, 7) is 4.34. The minimum atomic E-state index is 0.0678. The summed E-state index contributed by atoms with van der Waals surface area (Å²) in [5.74, 6) is 8.11. The third-order valence-corrected chi connectivity index (χ3v) is 3.81. The predicted octanol–water partition coefficient (Wildman–Crippen LogP) is 2.35. The zero-order valence-electron chi connectivity index (χ0n) is 11.4. The number of nitrogens with one attached hydrogen (secondary N) is 1. The topological polar surface area (TPSA) is 56.5 Å². The van der Waals surface area contributed by atoms with Crippen molar-refractivity contribution in [2.24, 2.45) is 5.84 Å². The van der Waals surface area contributed by atoms with Crippen LogP contribution in [0.2, 0.25) is 0 Å². The van der Waals surface area contributed by atoms with Crippen molar-refractivity contribution in [1.82, 2.24) is 5.43 Å². The fourth-order valence-electron chi connectivity index (χ4n) is 1.62. The lowest BCUT2D eigenvalue weighted by Gasteiger charge is -2.20. The molecule has 18 heavy (non-hydrogen) atoms. The molecule has 0 saturated heterocycles. The number of nitrogens with two attached hydrogens (primary N) is 1. The van der Waals surface area contributed by atoms with Crippen molar-refractivity contribution in [2.75, 3.05) is 20.0 Å². The van der Waals surface area contributed by atoms with Gasteiger partial charge >= 0.3 is 0 Å². The molecule has 1 atom stereocenters. The molecule has 0 aliphatic carbocycles. The minimum absolute atomic E-state index is 0.0678. The summed E-state index contributed by atoms with van der Waals surface area (Å²) in [5, 5.41) is 0.574. The van der Waals surface area contributed by atoms with E-state index in [0.29, 0.717) is 5.25 Å². The Morgan fingerprint density at radius 3 is 2.50 bits per heavy atom. The molecule has 0 fully saturated rings. The Kier molecular flexibility index (Phi) is 6.32. The van der Waals surface area contributed by atoms with E-state index < -0.39 is 0 Å². The van der Waals surface area contributed by atoms with Crippen molar-refractivity contribution < 1.29 is 9.47 Å². The summed E-state index contributed by atoms with van der Waals surface area (Å²) in [5.41, 5.74) is 3.89. The molecule has 1 rings (SSSR count). The van der Waals surface area contributed by atoms with Crippen molar-refractivity contribution >= 4 is 11.8 Å². The summed E-state index contributed by atoms with van der Waals surface area (Å²) < 4.78 is 10.6. The van der Waals surface area contributed by atoms with Gasteiger partial charge in [-0.25, -0.2) is 0 Å². The lowest BCUT2D eigenvalue weighted by atomic mass is 10.1. The molecule has 1 aromatic rings. The molecule has 0 spiro atoms. The van der Waals surface area contributed by atoms with Gasteiger partial charge in [-0.05, 0) is 17.4 Å². The number of hydrogen-bond acceptors (Lipinski definition) is 5. The molecule has 102 valence electrons. The van der Waals surface area contributed by atoms with E-state index in [1.54, 1.807) is 14.2 Å². The fraction of sp³-hybridized carbons (Fsp3) is 0.538. The van der Waals surface area contributed by atoms with Crippen LogP contribution < -0.4 is 20.7 Å². The first-order valence-corrected chi connectivity index (χ1v) is 6.96. The van der Waals surface area contributed by atoms with Crippen LogP contribution in [0.25, 0.3) is 0 Å². The van der Waals surface area contributed by atoms with Gasteiger partial charge in [-0.1, -0.05) is 13.8 Å². The number of ether oxygens (including phenoxy) is 2. The SMILES string of the molecule is COc1ccc(C(CSC(C)C)NN)c(OC)c1. The van der Waals surface area contributed by atoms with Gasteiger partial charge in [0.15, 0.2) is 0 Å². The summed E-state index contributed by atoms with van der Waals surface area (Å²) in [4.78, 5) is 0. The van der Waals surface area contributed by atoms with E-state index in [4.69, 9.17) is 15.3 Å². The van der Waals surface area contributed by atoms with Gasteiger partial charge in [0.25, 0.3) is 0 Å². The molecule has 0 aliphatic heterocycles. The van der Waals surface area contributed by atoms with Crippen LogP contribution in [-0.2, 0) is 0 Å². The minimum Gasteiger partial charge on any atom is -0.497 e. The number of methoxy groups -OCH3 is 2. The van der Waals surface area contributed by atoms with Gasteiger partial charge in [0.1, 0.15) is 11.5 Å². The fourth-order valence-corrected chi connectivity index (χ4v) is 2.48. The summed E-state index contributed by atoms with van der Waals surface area (Å²) in [6.07, 6.45) is 0. The van der Waals surface area contributed by atoms with Crippen LogP contribution in [0.5, 0.6) is 11.5 Å². The first-order valence-electron chi connectivity index (χ1n) is 5.92. The van der Waals surface area contributed by atoms with Gasteiger partial charge in [-0.15, -0.1) is 0 Å². The number of hydrogen-bond donors (Lipinski definition) is 2. The number of thioether (sulfide) groups is 1. The number of hydrazine groups is 1. The quantitative estimate of drug-likeness (QED) is 0.588. The third kappa shape index (κ3) is 4.08. The van der Waals surface area contributed by atoms with Gasteiger partial charge in [-0.2, -0.15) is 11.8 Å². The average Bonchev–Trinajstić information content (AvgIpc) is 2.39. The zero-order valence-corrected chi connectivity index (χ0v) is 12.2. The van der Waals surface area contributed by atoms with Crippen LogP contribution in [0.1, 0.15) is 25.5 Å². The van der Waals surface area contributed by atoms with Crippen LogP contribution >= 0.6 is 11.8 Å². The molecule has 1 aromatic carbocycles. The normalized spacial score (nSPS) is 12.6. The van der Waals surface area contributed by atoms with Gasteiger partial charge in [0.2, 0.25) is 0 Å². The highest BCUT2D eigenvalue weighted by Gasteiger charge is 2.16. The molecule has 0 aromatic heterocycles. The lowest BCUT2D eigenvalue weighted by Crippen LogP contribution is -2.30. The van der Waals surface area contributed by atoms with Gasteiger partial charge < -0.3 is 9.47 Å². The zero-order chi connectivity index (χ0) is 13.5. The average molecular weight is 270 g/mol. The second kappa shape index (κ2) is 7.51. The van der Waals surface area contributed by atoms with Crippen LogP contribution in [0.3, 0.4) is 0 Å². The smallest absolute Gasteiger partial charge is 0.127 e. The molecular formula is C13H22N2O2S. The van der Waals surface area contributed by atoms with Crippen LogP contribution in [0.4, 0.5) is 0 Å². The van der Waals surface area contributed by atoms with Crippen molar-refractivity contribution in [3.8, 4) is 11.5 Å². The molecule has 4 nitrogen and oxygen atoms in total. The highest BCUT2D eigenvalue weighted by Crippen LogP contribution is 2.31. The highest BCUT2D eigenvalue weighted by atomic mass is 32.2. The maximum absolute atomic E-state index is 5.64. The Morgan fingerprint density at radius 2 is 2.00 bits per heavy atom. The monoisotopic (exact) mass is 270 g/mol. The van der Waals surface area contributed by atoms with Crippen molar-refractivity contribution in [2.45, 2.75) is 25.1 Å². The maximum atomic E-state index is 5.64. The molecule has 0 bridgehead atoms. The molecule has 0 saturated carbocycles. The second-order valence-corrected chi connectivity index (χ2v) is 5.82. The second-order valence-electron chi connectivity index (χ2n) is 4.21. The van der Waals surface area contributed by atoms with Gasteiger partial charge in [0, 0.05) is 17.4 Å². The van der Waals surface area contributed by atoms with E-state index in [0.717, 1.165) is 22.8 Å². The Labute approximate surface area is 113 Å². The largest absolute Gasteiger partial charge is 0.497 e. The predicted molar refractivity (Wildman–Crippen MR) is 77.2 cm³/mol. The summed E-state index contributed by atoms with van der Waals surface area (Å²) in [7, 11) is 3.29. The van der Waals surface area contributed by atoms with Crippen LogP contribution in [0.15, 0.2) is 18.2 Å². The van der Waals surface area contributed by atoms with E-state index in [9.17, 15) is 0 Å². The molecular weight excluding hydrogens is 248 g/mol. The van der Waals surface area contributed by atoms with Gasteiger partial charge in [-0.3, -0.25) is 11.3 Å². The molecule has 0 amide bonds. The number of rotatable bonds is 7. The molecule has 5 heteroatoms. The first kappa shape index (κ1) is 15.1. The Balaban J connectivity index is 2.90. The molecule has 3 N–H and O–H groups in total.